The Labute approximate surface area is 186 Å². The summed E-state index contributed by atoms with van der Waals surface area (Å²) in [5.74, 6) is -0.138. The first-order valence-corrected chi connectivity index (χ1v) is 10.9. The summed E-state index contributed by atoms with van der Waals surface area (Å²) in [5, 5.41) is 14.5. The van der Waals surface area contributed by atoms with Crippen molar-refractivity contribution in [2.75, 3.05) is 37.1 Å². The second kappa shape index (κ2) is 10.7. The van der Waals surface area contributed by atoms with E-state index in [1.54, 1.807) is 14.2 Å². The lowest BCUT2D eigenvalue weighted by Crippen LogP contribution is -2.35. The van der Waals surface area contributed by atoms with E-state index >= 15 is 0 Å². The minimum Gasteiger partial charge on any atom is -0.497 e. The molecule has 2 amide bonds. The third-order valence-electron chi connectivity index (χ3n) is 3.98. The summed E-state index contributed by atoms with van der Waals surface area (Å²) in [5.41, 5.74) is 1.28. The molecule has 1 heterocycles. The number of nitrogens with one attached hydrogen (secondary N) is 2. The van der Waals surface area contributed by atoms with Crippen LogP contribution >= 0.6 is 23.1 Å². The maximum Gasteiger partial charge on any atom is 0.243 e. The molecular formula is C20H20FN5O3S2. The second-order valence-electron chi connectivity index (χ2n) is 6.32. The van der Waals surface area contributed by atoms with Gasteiger partial charge in [0.1, 0.15) is 11.6 Å². The molecule has 0 radical (unpaired) electrons. The average Bonchev–Trinajstić information content (AvgIpc) is 3.20. The lowest BCUT2D eigenvalue weighted by molar-refractivity contribution is -0.131. The third kappa shape index (κ3) is 6.93. The lowest BCUT2D eigenvalue weighted by atomic mass is 10.3. The molecule has 0 aliphatic rings. The van der Waals surface area contributed by atoms with Gasteiger partial charge in [0.15, 0.2) is 4.34 Å². The number of thioether (sulfide) groups is 1. The summed E-state index contributed by atoms with van der Waals surface area (Å²) >= 11 is 2.56. The molecule has 8 nitrogen and oxygen atoms in total. The quantitative estimate of drug-likeness (QED) is 0.470. The summed E-state index contributed by atoms with van der Waals surface area (Å²) in [4.78, 5) is 25.7. The molecule has 3 aromatic rings. The molecular weight excluding hydrogens is 441 g/mol. The highest BCUT2D eigenvalue weighted by atomic mass is 32.2. The van der Waals surface area contributed by atoms with Crippen LogP contribution < -0.4 is 15.4 Å². The predicted molar refractivity (Wildman–Crippen MR) is 120 cm³/mol. The van der Waals surface area contributed by atoms with Gasteiger partial charge >= 0.3 is 0 Å². The molecule has 0 saturated carbocycles. The van der Waals surface area contributed by atoms with Gasteiger partial charge in [0.05, 0.1) is 19.4 Å². The zero-order valence-electron chi connectivity index (χ0n) is 16.8. The van der Waals surface area contributed by atoms with Gasteiger partial charge in [-0.15, -0.1) is 10.2 Å². The number of methoxy groups -OCH3 is 1. The van der Waals surface area contributed by atoms with Crippen molar-refractivity contribution in [2.24, 2.45) is 0 Å². The lowest BCUT2D eigenvalue weighted by Gasteiger charge is -2.16. The Bertz CT molecular complexity index is 1050. The van der Waals surface area contributed by atoms with Crippen molar-refractivity contribution in [3.63, 3.8) is 0 Å². The van der Waals surface area contributed by atoms with Crippen molar-refractivity contribution in [1.82, 2.24) is 15.1 Å². The molecule has 3 rings (SSSR count). The summed E-state index contributed by atoms with van der Waals surface area (Å²) < 4.78 is 18.7. The van der Waals surface area contributed by atoms with E-state index in [4.69, 9.17) is 4.74 Å². The first kappa shape index (κ1) is 22.5. The zero-order valence-corrected chi connectivity index (χ0v) is 18.4. The first-order valence-electron chi connectivity index (χ1n) is 9.09. The minimum atomic E-state index is -0.388. The fourth-order valence-corrected chi connectivity index (χ4v) is 4.13. The van der Waals surface area contributed by atoms with Crippen LogP contribution in [0, 0.1) is 5.82 Å². The number of aromatic nitrogens is 2. The van der Waals surface area contributed by atoms with Gasteiger partial charge < -0.3 is 20.3 Å². The molecule has 0 bridgehead atoms. The van der Waals surface area contributed by atoms with E-state index in [2.05, 4.69) is 20.8 Å². The Morgan fingerprint density at radius 2 is 1.94 bits per heavy atom. The van der Waals surface area contributed by atoms with E-state index in [0.29, 0.717) is 15.2 Å². The van der Waals surface area contributed by atoms with Crippen LogP contribution in [0.4, 0.5) is 20.9 Å². The van der Waals surface area contributed by atoms with Gasteiger partial charge in [-0.2, -0.15) is 0 Å². The van der Waals surface area contributed by atoms with Crippen LogP contribution in [0.5, 0.6) is 5.75 Å². The fraction of sp³-hybridized carbons (Fsp3) is 0.200. The maximum atomic E-state index is 12.9. The minimum absolute atomic E-state index is 0.116. The molecule has 2 N–H and O–H groups in total. The van der Waals surface area contributed by atoms with E-state index in [0.717, 1.165) is 11.4 Å². The first-order chi connectivity index (χ1) is 14.9. The standard InChI is InChI=1S/C20H20FN5O3S2/c1-26(11-17(27)22-14-8-6-13(21)7-9-14)18(28)12-30-20-25-24-19(31-20)23-15-4-3-5-16(10-15)29-2/h3-10H,11-12H2,1-2H3,(H,22,27)(H,23,24). The van der Waals surface area contributed by atoms with Crippen LogP contribution in [-0.4, -0.2) is 53.4 Å². The number of halogens is 1. The molecule has 0 saturated heterocycles. The summed E-state index contributed by atoms with van der Waals surface area (Å²) in [6.07, 6.45) is 0. The summed E-state index contributed by atoms with van der Waals surface area (Å²) in [6.45, 7) is -0.116. The van der Waals surface area contributed by atoms with Crippen LogP contribution in [0.1, 0.15) is 0 Å². The van der Waals surface area contributed by atoms with Crippen LogP contribution in [-0.2, 0) is 9.59 Å². The molecule has 0 spiro atoms. The highest BCUT2D eigenvalue weighted by Gasteiger charge is 2.15. The number of carbonyl (C=O) groups is 2. The second-order valence-corrected chi connectivity index (χ2v) is 8.52. The van der Waals surface area contributed by atoms with E-state index in [9.17, 15) is 14.0 Å². The number of hydrogen-bond donors (Lipinski definition) is 2. The van der Waals surface area contributed by atoms with Gasteiger partial charge in [0.25, 0.3) is 0 Å². The molecule has 0 aliphatic heterocycles. The topological polar surface area (TPSA) is 96.4 Å². The Balaban J connectivity index is 1.45. The van der Waals surface area contributed by atoms with Crippen molar-refractivity contribution in [1.29, 1.82) is 0 Å². The molecule has 31 heavy (non-hydrogen) atoms. The number of ether oxygens (including phenoxy) is 1. The van der Waals surface area contributed by atoms with E-state index in [-0.39, 0.29) is 29.9 Å². The van der Waals surface area contributed by atoms with Crippen molar-refractivity contribution in [3.8, 4) is 5.75 Å². The number of rotatable bonds is 9. The monoisotopic (exact) mass is 461 g/mol. The number of hydrogen-bond acceptors (Lipinski definition) is 8. The number of amides is 2. The molecule has 0 atom stereocenters. The number of nitrogens with zero attached hydrogens (tertiary/aromatic N) is 3. The summed E-state index contributed by atoms with van der Waals surface area (Å²) in [6, 6.07) is 12.8. The van der Waals surface area contributed by atoms with Crippen molar-refractivity contribution >= 4 is 51.4 Å². The highest BCUT2D eigenvalue weighted by Crippen LogP contribution is 2.28. The Morgan fingerprint density at radius 3 is 2.68 bits per heavy atom. The smallest absolute Gasteiger partial charge is 0.243 e. The number of carbonyl (C=O) groups excluding carboxylic acids is 2. The van der Waals surface area contributed by atoms with Gasteiger partial charge in [0, 0.05) is 24.5 Å². The Morgan fingerprint density at radius 1 is 1.16 bits per heavy atom. The molecule has 11 heteroatoms. The molecule has 0 fully saturated rings. The van der Waals surface area contributed by atoms with Crippen LogP contribution in [0.25, 0.3) is 0 Å². The van der Waals surface area contributed by atoms with Gasteiger partial charge in [-0.25, -0.2) is 4.39 Å². The number of benzene rings is 2. The number of likely N-dealkylation sites (N-methyl/N-ethyl adjacent to an activating group) is 1. The van der Waals surface area contributed by atoms with Crippen LogP contribution in [0.15, 0.2) is 52.9 Å². The van der Waals surface area contributed by atoms with Gasteiger partial charge in [0.2, 0.25) is 16.9 Å². The van der Waals surface area contributed by atoms with Crippen molar-refractivity contribution in [3.05, 3.63) is 54.3 Å². The molecule has 2 aromatic carbocycles. The van der Waals surface area contributed by atoms with Crippen molar-refractivity contribution < 1.29 is 18.7 Å². The van der Waals surface area contributed by atoms with Gasteiger partial charge in [-0.3, -0.25) is 9.59 Å². The molecule has 162 valence electrons. The SMILES string of the molecule is COc1cccc(Nc2nnc(SCC(=O)N(C)CC(=O)Nc3ccc(F)cc3)s2)c1. The van der Waals surface area contributed by atoms with E-state index in [1.807, 2.05) is 24.3 Å². The van der Waals surface area contributed by atoms with Crippen LogP contribution in [0.2, 0.25) is 0 Å². The van der Waals surface area contributed by atoms with Gasteiger partial charge in [-0.05, 0) is 36.4 Å². The summed E-state index contributed by atoms with van der Waals surface area (Å²) in [7, 11) is 3.14. The molecule has 0 unspecified atom stereocenters. The molecule has 0 aliphatic carbocycles. The largest absolute Gasteiger partial charge is 0.497 e. The predicted octanol–water partition coefficient (Wildman–Crippen LogP) is 3.62. The van der Waals surface area contributed by atoms with Crippen LogP contribution in [0.3, 0.4) is 0 Å². The fourth-order valence-electron chi connectivity index (χ4n) is 2.41. The number of anilines is 3. The van der Waals surface area contributed by atoms with Crippen molar-refractivity contribution in [2.45, 2.75) is 4.34 Å². The van der Waals surface area contributed by atoms with E-state index < -0.39 is 0 Å². The Hall–Kier alpha value is -3.18. The highest BCUT2D eigenvalue weighted by molar-refractivity contribution is 8.01. The van der Waals surface area contributed by atoms with E-state index in [1.165, 1.54) is 52.3 Å². The normalized spacial score (nSPS) is 10.4. The molecule has 1 aromatic heterocycles. The maximum absolute atomic E-state index is 12.9. The zero-order chi connectivity index (χ0) is 22.2. The third-order valence-corrected chi connectivity index (χ3v) is 5.94. The van der Waals surface area contributed by atoms with Gasteiger partial charge in [-0.1, -0.05) is 29.2 Å². The average molecular weight is 462 g/mol. The Kier molecular flexibility index (Phi) is 7.79.